The summed E-state index contributed by atoms with van der Waals surface area (Å²) in [6, 6.07) is 14.0. The smallest absolute Gasteiger partial charge is 0.232 e. The van der Waals surface area contributed by atoms with E-state index in [1.54, 1.807) is 14.2 Å². The van der Waals surface area contributed by atoms with Crippen LogP contribution in [-0.4, -0.2) is 62.3 Å². The largest absolute Gasteiger partial charge is 0.493 e. The maximum Gasteiger partial charge on any atom is 0.232 e. The van der Waals surface area contributed by atoms with Crippen molar-refractivity contribution in [2.45, 2.75) is 32.1 Å². The van der Waals surface area contributed by atoms with E-state index < -0.39 is 0 Å². The van der Waals surface area contributed by atoms with Gasteiger partial charge in [-0.2, -0.15) is 4.98 Å². The zero-order chi connectivity index (χ0) is 23.0. The molecule has 176 valence electrons. The number of benzene rings is 2. The number of methoxy groups -OCH3 is 2. The van der Waals surface area contributed by atoms with Crippen molar-refractivity contribution < 1.29 is 9.47 Å². The molecule has 1 aliphatic heterocycles. The minimum Gasteiger partial charge on any atom is -0.493 e. The number of nitrogens with one attached hydrogen (secondary N) is 1. The molecule has 0 saturated carbocycles. The van der Waals surface area contributed by atoms with E-state index in [4.69, 9.17) is 19.4 Å². The minimum atomic E-state index is 0.637. The number of nitrogens with zero attached hydrogens (tertiary/aromatic N) is 4. The van der Waals surface area contributed by atoms with Crippen LogP contribution < -0.4 is 19.7 Å². The van der Waals surface area contributed by atoms with Gasteiger partial charge in [-0.3, -0.25) is 0 Å². The van der Waals surface area contributed by atoms with E-state index in [1.807, 2.05) is 42.3 Å². The highest BCUT2D eigenvalue weighted by molar-refractivity contribution is 5.93. The van der Waals surface area contributed by atoms with Gasteiger partial charge in [0.15, 0.2) is 11.5 Å². The SMILES string of the molecule is COc1cc2nc(N(C)c3ccccc3)nc(NCCCCCN3CCCC3)c2cc1OC. The van der Waals surface area contributed by atoms with Crippen LogP contribution in [0, 0.1) is 0 Å². The monoisotopic (exact) mass is 449 g/mol. The van der Waals surface area contributed by atoms with E-state index >= 15 is 0 Å². The standard InChI is InChI=1S/C26H35N5O2/c1-30(20-12-6-4-7-13-20)26-28-22-19-24(33-3)23(32-2)18-21(22)25(29-26)27-14-8-5-9-15-31-16-10-11-17-31/h4,6-7,12-13,18-19H,5,8-11,14-17H2,1-3H3,(H,27,28,29). The van der Waals surface area contributed by atoms with Crippen molar-refractivity contribution in [2.75, 3.05) is 57.7 Å². The molecule has 7 nitrogen and oxygen atoms in total. The maximum atomic E-state index is 5.53. The summed E-state index contributed by atoms with van der Waals surface area (Å²) < 4.78 is 11.0. The minimum absolute atomic E-state index is 0.637. The average Bonchev–Trinajstić information content (AvgIpc) is 3.38. The first-order chi connectivity index (χ1) is 16.2. The molecule has 2 aromatic carbocycles. The van der Waals surface area contributed by atoms with Crippen LogP contribution >= 0.6 is 0 Å². The Hall–Kier alpha value is -3.06. The van der Waals surface area contributed by atoms with Gasteiger partial charge in [0.05, 0.1) is 19.7 Å². The fourth-order valence-corrected chi connectivity index (χ4v) is 4.35. The molecule has 4 rings (SSSR count). The van der Waals surface area contributed by atoms with Gasteiger partial charge in [-0.1, -0.05) is 24.6 Å². The summed E-state index contributed by atoms with van der Waals surface area (Å²) in [7, 11) is 5.28. The first-order valence-corrected chi connectivity index (χ1v) is 11.9. The molecule has 0 amide bonds. The second kappa shape index (κ2) is 11.2. The number of anilines is 3. The van der Waals surface area contributed by atoms with Crippen molar-refractivity contribution in [3.63, 3.8) is 0 Å². The molecule has 1 N–H and O–H groups in total. The lowest BCUT2D eigenvalue weighted by atomic mass is 10.2. The van der Waals surface area contributed by atoms with Gasteiger partial charge in [0.2, 0.25) is 5.95 Å². The van der Waals surface area contributed by atoms with Crippen molar-refractivity contribution in [1.82, 2.24) is 14.9 Å². The molecule has 7 heteroatoms. The summed E-state index contributed by atoms with van der Waals surface area (Å²) in [6.45, 7) is 4.64. The molecule has 0 radical (unpaired) electrons. The molecule has 0 aliphatic carbocycles. The van der Waals surface area contributed by atoms with E-state index in [-0.39, 0.29) is 0 Å². The van der Waals surface area contributed by atoms with Crippen LogP contribution in [0.4, 0.5) is 17.5 Å². The lowest BCUT2D eigenvalue weighted by molar-refractivity contribution is 0.329. The molecule has 2 heterocycles. The van der Waals surface area contributed by atoms with Gasteiger partial charge in [-0.05, 0) is 63.5 Å². The number of hydrogen-bond donors (Lipinski definition) is 1. The molecule has 0 unspecified atom stereocenters. The molecular formula is C26H35N5O2. The molecule has 1 aliphatic rings. The molecule has 1 aromatic heterocycles. The first-order valence-electron chi connectivity index (χ1n) is 11.9. The number of fused-ring (bicyclic) bond motifs is 1. The molecule has 0 bridgehead atoms. The van der Waals surface area contributed by atoms with Crippen LogP contribution in [0.3, 0.4) is 0 Å². The Kier molecular flexibility index (Phi) is 7.83. The molecule has 0 spiro atoms. The molecule has 0 atom stereocenters. The normalized spacial score (nSPS) is 13.9. The fraction of sp³-hybridized carbons (Fsp3) is 0.462. The van der Waals surface area contributed by atoms with Crippen LogP contribution in [0.2, 0.25) is 0 Å². The Balaban J connectivity index is 1.52. The molecular weight excluding hydrogens is 414 g/mol. The third-order valence-electron chi connectivity index (χ3n) is 6.27. The van der Waals surface area contributed by atoms with Crippen LogP contribution in [0.15, 0.2) is 42.5 Å². The van der Waals surface area contributed by atoms with E-state index in [2.05, 4.69) is 22.3 Å². The number of likely N-dealkylation sites (tertiary alicyclic amines) is 1. The predicted molar refractivity (Wildman–Crippen MR) is 135 cm³/mol. The third kappa shape index (κ3) is 5.66. The quantitative estimate of drug-likeness (QED) is 0.409. The van der Waals surface area contributed by atoms with Gasteiger partial charge in [0, 0.05) is 30.7 Å². The zero-order valence-electron chi connectivity index (χ0n) is 20.0. The second-order valence-electron chi connectivity index (χ2n) is 8.53. The van der Waals surface area contributed by atoms with Crippen molar-refractivity contribution in [2.24, 2.45) is 0 Å². The van der Waals surface area contributed by atoms with Crippen LogP contribution in [0.5, 0.6) is 11.5 Å². The topological polar surface area (TPSA) is 62.8 Å². The molecule has 3 aromatic rings. The fourth-order valence-electron chi connectivity index (χ4n) is 4.35. The molecule has 1 fully saturated rings. The van der Waals surface area contributed by atoms with Gasteiger partial charge in [-0.25, -0.2) is 4.98 Å². The number of rotatable bonds is 11. The lowest BCUT2D eigenvalue weighted by Crippen LogP contribution is -2.20. The Labute approximate surface area is 196 Å². The molecule has 1 saturated heterocycles. The highest BCUT2D eigenvalue weighted by Crippen LogP contribution is 2.35. The number of para-hydroxylation sites is 1. The number of ether oxygens (including phenoxy) is 2. The number of aromatic nitrogens is 2. The van der Waals surface area contributed by atoms with Crippen LogP contribution in [0.25, 0.3) is 10.9 Å². The van der Waals surface area contributed by atoms with Crippen molar-refractivity contribution in [3.8, 4) is 11.5 Å². The Morgan fingerprint density at radius 1 is 0.939 bits per heavy atom. The summed E-state index contributed by atoms with van der Waals surface area (Å²) in [4.78, 5) is 14.3. The van der Waals surface area contributed by atoms with Gasteiger partial charge >= 0.3 is 0 Å². The summed E-state index contributed by atoms with van der Waals surface area (Å²) in [5, 5.41) is 4.49. The summed E-state index contributed by atoms with van der Waals surface area (Å²) >= 11 is 0. The van der Waals surface area contributed by atoms with Crippen molar-refractivity contribution >= 4 is 28.4 Å². The van der Waals surface area contributed by atoms with Gasteiger partial charge < -0.3 is 24.6 Å². The predicted octanol–water partition coefficient (Wildman–Crippen LogP) is 5.09. The third-order valence-corrected chi connectivity index (χ3v) is 6.27. The Bertz CT molecular complexity index is 1040. The van der Waals surface area contributed by atoms with Crippen LogP contribution in [0.1, 0.15) is 32.1 Å². The highest BCUT2D eigenvalue weighted by atomic mass is 16.5. The summed E-state index contributed by atoms with van der Waals surface area (Å²) in [6.07, 6.45) is 6.28. The van der Waals surface area contributed by atoms with Gasteiger partial charge in [0.25, 0.3) is 0 Å². The van der Waals surface area contributed by atoms with E-state index in [9.17, 15) is 0 Å². The van der Waals surface area contributed by atoms with E-state index in [0.717, 1.165) is 35.4 Å². The van der Waals surface area contributed by atoms with E-state index in [0.29, 0.717) is 17.4 Å². The number of unbranched alkanes of at least 4 members (excludes halogenated alkanes) is 2. The summed E-state index contributed by atoms with van der Waals surface area (Å²) in [5.74, 6) is 2.78. The van der Waals surface area contributed by atoms with Crippen molar-refractivity contribution in [3.05, 3.63) is 42.5 Å². The lowest BCUT2D eigenvalue weighted by Gasteiger charge is -2.20. The Morgan fingerprint density at radius 2 is 1.67 bits per heavy atom. The van der Waals surface area contributed by atoms with Crippen LogP contribution in [-0.2, 0) is 0 Å². The van der Waals surface area contributed by atoms with Gasteiger partial charge in [-0.15, -0.1) is 0 Å². The second-order valence-corrected chi connectivity index (χ2v) is 8.53. The first kappa shape index (κ1) is 23.1. The van der Waals surface area contributed by atoms with Crippen molar-refractivity contribution in [1.29, 1.82) is 0 Å². The number of hydrogen-bond acceptors (Lipinski definition) is 7. The average molecular weight is 450 g/mol. The molecule has 33 heavy (non-hydrogen) atoms. The maximum absolute atomic E-state index is 5.53. The van der Waals surface area contributed by atoms with E-state index in [1.165, 1.54) is 45.3 Å². The summed E-state index contributed by atoms with van der Waals surface area (Å²) in [5.41, 5.74) is 1.85. The zero-order valence-corrected chi connectivity index (χ0v) is 20.0. The highest BCUT2D eigenvalue weighted by Gasteiger charge is 2.16. The van der Waals surface area contributed by atoms with Gasteiger partial charge in [0.1, 0.15) is 5.82 Å². The Morgan fingerprint density at radius 3 is 2.39 bits per heavy atom.